The Labute approximate surface area is 164 Å². The van der Waals surface area contributed by atoms with Gasteiger partial charge in [-0.05, 0) is 42.7 Å². The molecule has 0 radical (unpaired) electrons. The molecular weight excluding hydrogens is 393 g/mol. The fourth-order valence-electron chi connectivity index (χ4n) is 3.56. The maximum atomic E-state index is 13.8. The Bertz CT molecular complexity index is 807. The van der Waals surface area contributed by atoms with Gasteiger partial charge in [-0.25, -0.2) is 21.6 Å². The van der Waals surface area contributed by atoms with Crippen LogP contribution in [0, 0.1) is 29.3 Å². The summed E-state index contributed by atoms with van der Waals surface area (Å²) in [6, 6.07) is 0.861. The number of benzene rings is 1. The lowest BCUT2D eigenvalue weighted by atomic mass is 9.86. The second-order valence-corrected chi connectivity index (χ2v) is 10.0. The van der Waals surface area contributed by atoms with E-state index in [9.17, 15) is 26.4 Å². The maximum Gasteiger partial charge on any atom is 0.237 e. The van der Waals surface area contributed by atoms with Crippen LogP contribution in [-0.4, -0.2) is 49.9 Å². The van der Waals surface area contributed by atoms with E-state index in [1.54, 1.807) is 13.8 Å². The lowest BCUT2D eigenvalue weighted by Gasteiger charge is -2.35. The number of piperidine rings is 1. The zero-order chi connectivity index (χ0) is 21.1. The number of carbonyl (C=O) groups is 1. The van der Waals surface area contributed by atoms with Gasteiger partial charge in [-0.15, -0.1) is 0 Å². The lowest BCUT2D eigenvalue weighted by Crippen LogP contribution is -2.46. The van der Waals surface area contributed by atoms with Gasteiger partial charge in [-0.1, -0.05) is 13.8 Å². The number of carbonyl (C=O) groups excluding carboxylic acids is 1. The quantitative estimate of drug-likeness (QED) is 0.687. The summed E-state index contributed by atoms with van der Waals surface area (Å²) in [6.07, 6.45) is 1.15. The van der Waals surface area contributed by atoms with E-state index in [2.05, 4.69) is 0 Å². The molecule has 1 aromatic rings. The van der Waals surface area contributed by atoms with Crippen molar-refractivity contribution in [2.45, 2.75) is 39.2 Å². The molecule has 1 atom stereocenters. The monoisotopic (exact) mass is 420 g/mol. The largest absolute Gasteiger partial charge is 0.342 e. The molecule has 0 aromatic heterocycles. The molecule has 2 rings (SSSR count). The Morgan fingerprint density at radius 1 is 1.14 bits per heavy atom. The number of rotatable bonds is 7. The van der Waals surface area contributed by atoms with Gasteiger partial charge >= 0.3 is 0 Å². The molecule has 1 saturated heterocycles. The number of hydrogen-bond acceptors (Lipinski definition) is 4. The van der Waals surface area contributed by atoms with Crippen LogP contribution in [0.4, 0.5) is 13.2 Å². The number of likely N-dealkylation sites (tertiary alicyclic amines) is 1. The minimum atomic E-state index is -3.44. The summed E-state index contributed by atoms with van der Waals surface area (Å²) in [5.41, 5.74) is 6.15. The van der Waals surface area contributed by atoms with Crippen molar-refractivity contribution in [3.05, 3.63) is 35.1 Å². The summed E-state index contributed by atoms with van der Waals surface area (Å²) in [6.45, 7) is 4.30. The minimum absolute atomic E-state index is 0.0182. The fraction of sp³-hybridized carbons (Fsp3) is 0.632. The highest BCUT2D eigenvalue weighted by atomic mass is 32.2. The molecular formula is C19H27F3N2O3S. The first-order chi connectivity index (χ1) is 13.0. The molecule has 28 heavy (non-hydrogen) atoms. The number of hydrogen-bond donors (Lipinski definition) is 1. The maximum absolute atomic E-state index is 13.8. The molecule has 158 valence electrons. The van der Waals surface area contributed by atoms with Crippen molar-refractivity contribution in [1.82, 2.24) is 4.90 Å². The summed E-state index contributed by atoms with van der Waals surface area (Å²) < 4.78 is 64.1. The highest BCUT2D eigenvalue weighted by Gasteiger charge is 2.29. The van der Waals surface area contributed by atoms with Gasteiger partial charge in [0.15, 0.2) is 21.5 Å². The van der Waals surface area contributed by atoms with Crippen molar-refractivity contribution in [3.63, 3.8) is 0 Å². The number of nitrogens with two attached hydrogens (primary N) is 1. The van der Waals surface area contributed by atoms with E-state index in [4.69, 9.17) is 5.73 Å². The van der Waals surface area contributed by atoms with Crippen molar-refractivity contribution in [3.8, 4) is 0 Å². The first-order valence-corrected chi connectivity index (χ1v) is 11.2. The van der Waals surface area contributed by atoms with Crippen molar-refractivity contribution in [2.24, 2.45) is 17.6 Å². The molecule has 1 aliphatic rings. The minimum Gasteiger partial charge on any atom is -0.342 e. The van der Waals surface area contributed by atoms with Crippen molar-refractivity contribution in [2.75, 3.05) is 24.6 Å². The van der Waals surface area contributed by atoms with Gasteiger partial charge in [-0.2, -0.15) is 0 Å². The van der Waals surface area contributed by atoms with Crippen LogP contribution in [0.5, 0.6) is 0 Å². The molecule has 1 fully saturated rings. The fourth-order valence-corrected chi connectivity index (χ4v) is 5.26. The van der Waals surface area contributed by atoms with Crippen LogP contribution >= 0.6 is 0 Å². The van der Waals surface area contributed by atoms with Crippen LogP contribution in [0.25, 0.3) is 0 Å². The van der Waals surface area contributed by atoms with Crippen LogP contribution in [0.1, 0.15) is 32.3 Å². The van der Waals surface area contributed by atoms with Crippen LogP contribution in [0.3, 0.4) is 0 Å². The molecule has 1 aliphatic heterocycles. The van der Waals surface area contributed by atoms with Crippen LogP contribution in [-0.2, 0) is 21.1 Å². The predicted octanol–water partition coefficient (Wildman–Crippen LogP) is 2.28. The van der Waals surface area contributed by atoms with E-state index in [1.807, 2.05) is 0 Å². The van der Waals surface area contributed by atoms with Gasteiger partial charge in [-0.3, -0.25) is 4.79 Å². The Hall–Kier alpha value is -1.61. The zero-order valence-electron chi connectivity index (χ0n) is 16.1. The normalized spacial score (nSPS) is 17.2. The molecule has 2 N–H and O–H groups in total. The molecule has 5 nitrogen and oxygen atoms in total. The van der Waals surface area contributed by atoms with Gasteiger partial charge in [0.05, 0.1) is 5.75 Å². The van der Waals surface area contributed by atoms with E-state index in [0.29, 0.717) is 32.0 Å². The summed E-state index contributed by atoms with van der Waals surface area (Å²) >= 11 is 0. The second-order valence-electron chi connectivity index (χ2n) is 7.89. The molecule has 1 unspecified atom stereocenters. The van der Waals surface area contributed by atoms with E-state index in [1.165, 1.54) is 4.90 Å². The molecule has 1 amide bonds. The van der Waals surface area contributed by atoms with Gasteiger partial charge in [0, 0.05) is 25.2 Å². The smallest absolute Gasteiger partial charge is 0.237 e. The first kappa shape index (κ1) is 22.7. The van der Waals surface area contributed by atoms with E-state index in [0.717, 1.165) is 6.07 Å². The number of halogens is 3. The average Bonchev–Trinajstić information content (AvgIpc) is 2.58. The molecule has 0 spiro atoms. The van der Waals surface area contributed by atoms with Crippen molar-refractivity contribution < 1.29 is 26.4 Å². The first-order valence-electron chi connectivity index (χ1n) is 9.35. The molecule has 0 saturated carbocycles. The average molecular weight is 420 g/mol. The Balaban J connectivity index is 1.89. The van der Waals surface area contributed by atoms with Crippen LogP contribution in [0.2, 0.25) is 0 Å². The Kier molecular flexibility index (Phi) is 7.50. The third-order valence-corrected chi connectivity index (χ3v) is 6.83. The zero-order valence-corrected chi connectivity index (χ0v) is 16.9. The van der Waals surface area contributed by atoms with E-state index >= 15 is 0 Å². The summed E-state index contributed by atoms with van der Waals surface area (Å²) in [5.74, 6) is -4.21. The molecule has 0 bridgehead atoms. The summed E-state index contributed by atoms with van der Waals surface area (Å²) in [4.78, 5) is 13.8. The van der Waals surface area contributed by atoms with Gasteiger partial charge in [0.2, 0.25) is 5.91 Å². The molecule has 0 aliphatic carbocycles. The third kappa shape index (κ3) is 6.20. The Morgan fingerprint density at radius 2 is 1.71 bits per heavy atom. The molecule has 1 aromatic carbocycles. The number of amides is 1. The summed E-state index contributed by atoms with van der Waals surface area (Å²) in [5, 5.41) is 0. The van der Waals surface area contributed by atoms with Crippen LogP contribution < -0.4 is 5.73 Å². The summed E-state index contributed by atoms with van der Waals surface area (Å²) in [7, 11) is -3.44. The van der Waals surface area contributed by atoms with E-state index < -0.39 is 45.0 Å². The van der Waals surface area contributed by atoms with Crippen molar-refractivity contribution >= 4 is 15.7 Å². The topological polar surface area (TPSA) is 80.5 Å². The molecule has 1 heterocycles. The highest BCUT2D eigenvalue weighted by molar-refractivity contribution is 7.92. The van der Waals surface area contributed by atoms with Crippen LogP contribution in [0.15, 0.2) is 12.1 Å². The van der Waals surface area contributed by atoms with Crippen molar-refractivity contribution in [1.29, 1.82) is 0 Å². The van der Waals surface area contributed by atoms with Gasteiger partial charge in [0.25, 0.3) is 0 Å². The Morgan fingerprint density at radius 3 is 2.29 bits per heavy atom. The number of nitrogens with zero attached hydrogens (tertiary/aromatic N) is 1. The second kappa shape index (κ2) is 9.26. The lowest BCUT2D eigenvalue weighted by molar-refractivity contribution is -0.129. The van der Waals surface area contributed by atoms with E-state index in [-0.39, 0.29) is 29.6 Å². The SMILES string of the molecule is CC(C)CS(=O)(=O)CC(=O)N1CCC(C(N)Cc2cc(F)c(F)cc2F)CC1. The number of sulfone groups is 1. The van der Waals surface area contributed by atoms with Gasteiger partial charge in [0.1, 0.15) is 11.6 Å². The third-order valence-electron chi connectivity index (χ3n) is 4.97. The highest BCUT2D eigenvalue weighted by Crippen LogP contribution is 2.24. The van der Waals surface area contributed by atoms with Gasteiger partial charge < -0.3 is 10.6 Å². The molecule has 9 heteroatoms. The standard InChI is InChI=1S/C19H27F3N2O3S/c1-12(2)10-28(26,27)11-19(25)24-5-3-13(4-6-24)18(23)8-14-7-16(21)17(22)9-15(14)20/h7,9,12-13,18H,3-6,8,10-11,23H2,1-2H3. The predicted molar refractivity (Wildman–Crippen MR) is 101 cm³/mol.